The molecule has 1 aliphatic heterocycles. The summed E-state index contributed by atoms with van der Waals surface area (Å²) < 4.78 is 5.31. The van der Waals surface area contributed by atoms with E-state index in [1.807, 2.05) is 17.9 Å². The van der Waals surface area contributed by atoms with Crippen LogP contribution in [0.1, 0.15) is 37.4 Å². The number of anilines is 1. The summed E-state index contributed by atoms with van der Waals surface area (Å²) in [4.78, 5) is 18.9. The Morgan fingerprint density at radius 3 is 2.64 bits per heavy atom. The third-order valence-electron chi connectivity index (χ3n) is 4.97. The molecule has 2 aromatic rings. The van der Waals surface area contributed by atoms with Crippen LogP contribution >= 0.6 is 11.3 Å². The van der Waals surface area contributed by atoms with Crippen LogP contribution in [0.2, 0.25) is 0 Å². The lowest BCUT2D eigenvalue weighted by molar-refractivity contribution is -0.133. The fourth-order valence-electron chi connectivity index (χ4n) is 3.56. The first-order valence-electron chi connectivity index (χ1n) is 8.78. The first-order chi connectivity index (χ1) is 12.2. The normalized spacial score (nSPS) is 16.8. The van der Waals surface area contributed by atoms with E-state index in [-0.39, 0.29) is 11.3 Å². The predicted octanol–water partition coefficient (Wildman–Crippen LogP) is 3.06. The second-order valence-corrected chi connectivity index (χ2v) is 7.24. The number of aromatic nitrogens is 1. The van der Waals surface area contributed by atoms with Crippen molar-refractivity contribution >= 4 is 22.4 Å². The molecule has 6 heteroatoms. The van der Waals surface area contributed by atoms with Gasteiger partial charge in [0.25, 0.3) is 0 Å². The third kappa shape index (κ3) is 3.85. The second kappa shape index (κ2) is 7.97. The molecule has 2 N–H and O–H groups in total. The minimum absolute atomic E-state index is 0.161. The van der Waals surface area contributed by atoms with Crippen molar-refractivity contribution in [3.8, 4) is 0 Å². The zero-order chi connectivity index (χ0) is 17.7. The van der Waals surface area contributed by atoms with Crippen molar-refractivity contribution < 1.29 is 9.53 Å². The minimum atomic E-state index is -0.161. The fourth-order valence-corrected chi connectivity index (χ4v) is 4.22. The van der Waals surface area contributed by atoms with Gasteiger partial charge in [0.2, 0.25) is 5.91 Å². The van der Waals surface area contributed by atoms with Crippen LogP contribution in [0.15, 0.2) is 35.7 Å². The Balaban J connectivity index is 1.77. The summed E-state index contributed by atoms with van der Waals surface area (Å²) in [5, 5.41) is 2.66. The van der Waals surface area contributed by atoms with Crippen molar-refractivity contribution in [2.24, 2.45) is 0 Å². The lowest BCUT2D eigenvalue weighted by Gasteiger charge is -2.41. The zero-order valence-corrected chi connectivity index (χ0v) is 15.4. The van der Waals surface area contributed by atoms with Crippen molar-refractivity contribution in [3.63, 3.8) is 0 Å². The topological polar surface area (TPSA) is 68.5 Å². The Hall–Kier alpha value is -1.92. The summed E-state index contributed by atoms with van der Waals surface area (Å²) in [5.41, 5.74) is 8.02. The highest BCUT2D eigenvalue weighted by molar-refractivity contribution is 7.13. The van der Waals surface area contributed by atoms with Crippen LogP contribution in [0.25, 0.3) is 0 Å². The van der Waals surface area contributed by atoms with E-state index in [0.717, 1.165) is 31.6 Å². The summed E-state index contributed by atoms with van der Waals surface area (Å²) in [6, 6.07) is 10.5. The highest BCUT2D eigenvalue weighted by Gasteiger charge is 2.40. The van der Waals surface area contributed by atoms with Crippen LogP contribution in [-0.2, 0) is 14.9 Å². The number of ether oxygens (including phenoxy) is 1. The molecule has 2 heterocycles. The summed E-state index contributed by atoms with van der Waals surface area (Å²) in [7, 11) is 0. The van der Waals surface area contributed by atoms with E-state index in [4.69, 9.17) is 10.5 Å². The molecule has 134 valence electrons. The summed E-state index contributed by atoms with van der Waals surface area (Å²) in [6.07, 6.45) is 2.18. The first kappa shape index (κ1) is 17.9. The van der Waals surface area contributed by atoms with Gasteiger partial charge < -0.3 is 15.4 Å². The molecule has 1 amide bonds. The molecule has 0 spiro atoms. The number of nitrogen functional groups attached to an aromatic ring is 1. The number of likely N-dealkylation sites (tertiary alicyclic amines) is 1. The van der Waals surface area contributed by atoms with Gasteiger partial charge in [-0.3, -0.25) is 4.79 Å². The fraction of sp³-hybridized carbons (Fsp3) is 0.474. The Morgan fingerprint density at radius 1 is 1.32 bits per heavy atom. The Labute approximate surface area is 152 Å². The van der Waals surface area contributed by atoms with Crippen molar-refractivity contribution in [3.05, 3.63) is 47.0 Å². The molecule has 0 bridgehead atoms. The molecule has 1 fully saturated rings. The summed E-state index contributed by atoms with van der Waals surface area (Å²) in [6.45, 7) is 4.56. The molecule has 5 nitrogen and oxygen atoms in total. The smallest absolute Gasteiger partial charge is 0.224 e. The molecule has 1 aromatic carbocycles. The third-order valence-corrected chi connectivity index (χ3v) is 5.65. The standard InChI is InChI=1S/C19H25N3O2S/c1-2-24-13-8-17(23)22-11-9-19(10-12-22,15-6-4-3-5-7-15)16-14-25-18(20)21-16/h3-7,14H,2,8-13H2,1H3,(H2,20,21). The van der Waals surface area contributed by atoms with Crippen LogP contribution in [-0.4, -0.2) is 42.1 Å². The highest BCUT2D eigenvalue weighted by atomic mass is 32.1. The van der Waals surface area contributed by atoms with Gasteiger partial charge in [-0.2, -0.15) is 0 Å². The number of piperidine rings is 1. The van der Waals surface area contributed by atoms with Crippen molar-refractivity contribution in [1.82, 2.24) is 9.88 Å². The van der Waals surface area contributed by atoms with Crippen molar-refractivity contribution in [1.29, 1.82) is 0 Å². The van der Waals surface area contributed by atoms with Gasteiger partial charge in [-0.1, -0.05) is 30.3 Å². The number of nitrogens with zero attached hydrogens (tertiary/aromatic N) is 2. The Kier molecular flexibility index (Phi) is 5.71. The van der Waals surface area contributed by atoms with Gasteiger partial charge >= 0.3 is 0 Å². The average Bonchev–Trinajstić information content (AvgIpc) is 3.09. The van der Waals surface area contributed by atoms with Gasteiger partial charge in [0, 0.05) is 30.5 Å². The monoisotopic (exact) mass is 359 g/mol. The van der Waals surface area contributed by atoms with E-state index in [0.29, 0.717) is 24.8 Å². The number of amides is 1. The maximum absolute atomic E-state index is 12.4. The summed E-state index contributed by atoms with van der Waals surface area (Å²) >= 11 is 1.48. The Bertz CT molecular complexity index is 694. The quantitative estimate of drug-likeness (QED) is 0.805. The molecule has 1 aromatic heterocycles. The molecule has 1 saturated heterocycles. The molecule has 0 radical (unpaired) electrons. The second-order valence-electron chi connectivity index (χ2n) is 6.35. The number of hydrogen-bond acceptors (Lipinski definition) is 5. The van der Waals surface area contributed by atoms with Gasteiger partial charge in [0.1, 0.15) is 0 Å². The molecule has 0 unspecified atom stereocenters. The number of thiazole rings is 1. The molecule has 0 saturated carbocycles. The lowest BCUT2D eigenvalue weighted by atomic mass is 9.70. The van der Waals surface area contributed by atoms with Crippen LogP contribution in [0, 0.1) is 0 Å². The number of carbonyl (C=O) groups is 1. The van der Waals surface area contributed by atoms with Crippen molar-refractivity contribution in [2.45, 2.75) is 31.6 Å². The SMILES string of the molecule is CCOCCC(=O)N1CCC(c2ccccc2)(c2csc(N)n2)CC1. The zero-order valence-electron chi connectivity index (χ0n) is 14.6. The van der Waals surface area contributed by atoms with E-state index in [1.165, 1.54) is 16.9 Å². The average molecular weight is 359 g/mol. The van der Waals surface area contributed by atoms with E-state index in [2.05, 4.69) is 34.6 Å². The summed E-state index contributed by atoms with van der Waals surface area (Å²) in [5.74, 6) is 0.174. The highest BCUT2D eigenvalue weighted by Crippen LogP contribution is 2.42. The lowest BCUT2D eigenvalue weighted by Crippen LogP contribution is -2.46. The number of nitrogens with two attached hydrogens (primary N) is 1. The Morgan fingerprint density at radius 2 is 2.04 bits per heavy atom. The van der Waals surface area contributed by atoms with Crippen molar-refractivity contribution in [2.75, 3.05) is 32.0 Å². The van der Waals surface area contributed by atoms with Gasteiger partial charge in [0.05, 0.1) is 18.7 Å². The molecule has 0 aliphatic carbocycles. The molecular formula is C19H25N3O2S. The van der Waals surface area contributed by atoms with Crippen LogP contribution in [0.3, 0.4) is 0 Å². The number of rotatable bonds is 6. The van der Waals surface area contributed by atoms with Crippen LogP contribution < -0.4 is 5.73 Å². The van der Waals surface area contributed by atoms with E-state index in [9.17, 15) is 4.79 Å². The maximum atomic E-state index is 12.4. The molecular weight excluding hydrogens is 334 g/mol. The number of benzene rings is 1. The van der Waals surface area contributed by atoms with Crippen LogP contribution in [0.4, 0.5) is 5.13 Å². The van der Waals surface area contributed by atoms with E-state index < -0.39 is 0 Å². The largest absolute Gasteiger partial charge is 0.381 e. The number of hydrogen-bond donors (Lipinski definition) is 1. The van der Waals surface area contributed by atoms with E-state index in [1.54, 1.807) is 0 Å². The molecule has 3 rings (SSSR count). The number of carbonyl (C=O) groups excluding carboxylic acids is 1. The predicted molar refractivity (Wildman–Crippen MR) is 101 cm³/mol. The van der Waals surface area contributed by atoms with E-state index >= 15 is 0 Å². The maximum Gasteiger partial charge on any atom is 0.224 e. The molecule has 1 aliphatic rings. The molecule has 0 atom stereocenters. The van der Waals surface area contributed by atoms with Gasteiger partial charge in [-0.25, -0.2) is 4.98 Å². The van der Waals surface area contributed by atoms with Gasteiger partial charge in [-0.05, 0) is 25.3 Å². The van der Waals surface area contributed by atoms with Gasteiger partial charge in [0.15, 0.2) is 5.13 Å². The first-order valence-corrected chi connectivity index (χ1v) is 9.66. The minimum Gasteiger partial charge on any atom is -0.381 e. The van der Waals surface area contributed by atoms with Crippen LogP contribution in [0.5, 0.6) is 0 Å². The molecule has 25 heavy (non-hydrogen) atoms. The van der Waals surface area contributed by atoms with Gasteiger partial charge in [-0.15, -0.1) is 11.3 Å².